The Morgan fingerprint density at radius 1 is 1.27 bits per heavy atom. The fourth-order valence-corrected chi connectivity index (χ4v) is 2.38. The molecule has 1 aliphatic rings. The molecule has 2 rings (SSSR count). The summed E-state index contributed by atoms with van der Waals surface area (Å²) in [6.45, 7) is 0. The smallest absolute Gasteiger partial charge is 0.286 e. The monoisotopic (exact) mass is 239 g/mol. The number of thiol groups is 1. The van der Waals surface area contributed by atoms with Crippen LogP contribution in [0.25, 0.3) is 0 Å². The minimum absolute atomic E-state index is 0.194. The molecule has 1 heterocycles. The van der Waals surface area contributed by atoms with E-state index in [4.69, 9.17) is 0 Å². The Morgan fingerprint density at radius 3 is 2.47 bits per heavy atom. The standard InChI is InChI=1S/C10H9NO2S2/c12-9-8(15-10(13)11-9)5-6-1-3-7(14)4-2-6/h1-4,8,14H,5H2,(H,11,12,13). The molecule has 0 aliphatic carbocycles. The predicted molar refractivity (Wildman–Crippen MR) is 62.3 cm³/mol. The van der Waals surface area contributed by atoms with Gasteiger partial charge in [0, 0.05) is 4.90 Å². The van der Waals surface area contributed by atoms with Crippen LogP contribution in [-0.2, 0) is 11.2 Å². The number of hydrogen-bond acceptors (Lipinski definition) is 4. The molecule has 2 amide bonds. The van der Waals surface area contributed by atoms with E-state index in [-0.39, 0.29) is 16.4 Å². The van der Waals surface area contributed by atoms with Crippen LogP contribution in [0.4, 0.5) is 4.79 Å². The summed E-state index contributed by atoms with van der Waals surface area (Å²) in [4.78, 5) is 23.1. The molecule has 1 N–H and O–H groups in total. The number of rotatable bonds is 2. The second-order valence-electron chi connectivity index (χ2n) is 3.25. The first-order valence-electron chi connectivity index (χ1n) is 4.44. The summed E-state index contributed by atoms with van der Waals surface area (Å²) >= 11 is 5.23. The minimum atomic E-state index is -0.289. The number of benzene rings is 1. The number of imide groups is 1. The van der Waals surface area contributed by atoms with Gasteiger partial charge in [-0.3, -0.25) is 14.9 Å². The maximum atomic E-state index is 11.3. The molecule has 1 unspecified atom stereocenters. The van der Waals surface area contributed by atoms with Crippen LogP contribution >= 0.6 is 24.4 Å². The number of thioether (sulfide) groups is 1. The van der Waals surface area contributed by atoms with Crippen LogP contribution < -0.4 is 5.32 Å². The molecule has 5 heteroatoms. The lowest BCUT2D eigenvalue weighted by Crippen LogP contribution is -2.25. The molecule has 3 nitrogen and oxygen atoms in total. The number of amides is 2. The summed E-state index contributed by atoms with van der Waals surface area (Å²) in [5, 5.41) is 1.73. The number of carbonyl (C=O) groups is 2. The van der Waals surface area contributed by atoms with Crippen molar-refractivity contribution >= 4 is 35.5 Å². The van der Waals surface area contributed by atoms with E-state index in [0.717, 1.165) is 22.2 Å². The highest BCUT2D eigenvalue weighted by Gasteiger charge is 2.31. The van der Waals surface area contributed by atoms with Crippen molar-refractivity contribution in [3.63, 3.8) is 0 Å². The Bertz CT molecular complexity index is 402. The van der Waals surface area contributed by atoms with Crippen LogP contribution in [0.2, 0.25) is 0 Å². The SMILES string of the molecule is O=C1NC(=O)C(Cc2ccc(S)cc2)S1. The van der Waals surface area contributed by atoms with Crippen molar-refractivity contribution in [2.45, 2.75) is 16.6 Å². The van der Waals surface area contributed by atoms with E-state index in [0.29, 0.717) is 6.42 Å². The van der Waals surface area contributed by atoms with Crippen molar-refractivity contribution in [1.29, 1.82) is 0 Å². The van der Waals surface area contributed by atoms with Gasteiger partial charge in [0.15, 0.2) is 0 Å². The summed E-state index contributed by atoms with van der Waals surface area (Å²) < 4.78 is 0. The van der Waals surface area contributed by atoms with E-state index in [1.807, 2.05) is 24.3 Å². The molecule has 1 aromatic carbocycles. The van der Waals surface area contributed by atoms with Gasteiger partial charge in [-0.2, -0.15) is 0 Å². The summed E-state index contributed by atoms with van der Waals surface area (Å²) in [6.07, 6.45) is 0.580. The number of hydrogen-bond donors (Lipinski definition) is 2. The Morgan fingerprint density at radius 2 is 1.93 bits per heavy atom. The van der Waals surface area contributed by atoms with Crippen molar-refractivity contribution in [1.82, 2.24) is 5.32 Å². The molecule has 1 aromatic rings. The van der Waals surface area contributed by atoms with Gasteiger partial charge in [0.05, 0.1) is 5.25 Å². The van der Waals surface area contributed by atoms with Gasteiger partial charge >= 0.3 is 0 Å². The molecule has 78 valence electrons. The van der Waals surface area contributed by atoms with Gasteiger partial charge in [-0.15, -0.1) is 12.6 Å². The molecule has 1 aliphatic heterocycles. The van der Waals surface area contributed by atoms with Gasteiger partial charge in [0.25, 0.3) is 5.24 Å². The molecule has 1 atom stereocenters. The van der Waals surface area contributed by atoms with Gasteiger partial charge in [-0.05, 0) is 24.1 Å². The molecule has 0 spiro atoms. The Labute approximate surface area is 97.0 Å². The summed E-state index contributed by atoms with van der Waals surface area (Å²) in [5.74, 6) is -0.194. The van der Waals surface area contributed by atoms with Crippen molar-refractivity contribution < 1.29 is 9.59 Å². The third-order valence-corrected chi connectivity index (χ3v) is 3.40. The third kappa shape index (κ3) is 2.54. The fraction of sp³-hybridized carbons (Fsp3) is 0.200. The maximum absolute atomic E-state index is 11.3. The lowest BCUT2D eigenvalue weighted by atomic mass is 10.1. The van der Waals surface area contributed by atoms with E-state index in [9.17, 15) is 9.59 Å². The van der Waals surface area contributed by atoms with E-state index >= 15 is 0 Å². The second kappa shape index (κ2) is 4.28. The highest BCUT2D eigenvalue weighted by atomic mass is 32.2. The van der Waals surface area contributed by atoms with Crippen LogP contribution in [0, 0.1) is 0 Å². The van der Waals surface area contributed by atoms with E-state index in [1.54, 1.807) is 0 Å². The normalized spacial score (nSPS) is 20.5. The van der Waals surface area contributed by atoms with Crippen LogP contribution in [0.1, 0.15) is 5.56 Å². The van der Waals surface area contributed by atoms with E-state index in [1.165, 1.54) is 0 Å². The zero-order valence-corrected chi connectivity index (χ0v) is 9.48. The molecule has 1 saturated heterocycles. The Hall–Kier alpha value is -0.940. The highest BCUT2D eigenvalue weighted by Crippen LogP contribution is 2.23. The van der Waals surface area contributed by atoms with Crippen LogP contribution in [-0.4, -0.2) is 16.4 Å². The molecule has 0 bridgehead atoms. The third-order valence-electron chi connectivity index (χ3n) is 2.12. The lowest BCUT2D eigenvalue weighted by Gasteiger charge is -2.04. The fourth-order valence-electron chi connectivity index (χ4n) is 1.37. The molecular formula is C10H9NO2S2. The zero-order chi connectivity index (χ0) is 10.8. The summed E-state index contributed by atoms with van der Waals surface area (Å²) in [7, 11) is 0. The topological polar surface area (TPSA) is 46.2 Å². The molecule has 1 fully saturated rings. The quantitative estimate of drug-likeness (QED) is 0.774. The van der Waals surface area contributed by atoms with Crippen molar-refractivity contribution in [2.75, 3.05) is 0 Å². The van der Waals surface area contributed by atoms with Gasteiger partial charge in [0.1, 0.15) is 0 Å². The molecule has 15 heavy (non-hydrogen) atoms. The zero-order valence-electron chi connectivity index (χ0n) is 7.77. The van der Waals surface area contributed by atoms with E-state index in [2.05, 4.69) is 17.9 Å². The molecule has 0 aromatic heterocycles. The largest absolute Gasteiger partial charge is 0.286 e. The summed E-state index contributed by atoms with van der Waals surface area (Å²) in [6, 6.07) is 7.58. The van der Waals surface area contributed by atoms with Crippen molar-refractivity contribution in [3.8, 4) is 0 Å². The van der Waals surface area contributed by atoms with E-state index < -0.39 is 0 Å². The molecule has 0 saturated carbocycles. The molecular weight excluding hydrogens is 230 g/mol. The van der Waals surface area contributed by atoms with Crippen molar-refractivity contribution in [2.24, 2.45) is 0 Å². The average molecular weight is 239 g/mol. The first kappa shape index (κ1) is 10.6. The average Bonchev–Trinajstić information content (AvgIpc) is 2.49. The van der Waals surface area contributed by atoms with Crippen LogP contribution in [0.5, 0.6) is 0 Å². The summed E-state index contributed by atoms with van der Waals surface area (Å²) in [5.41, 5.74) is 1.04. The Balaban J connectivity index is 2.06. The first-order valence-corrected chi connectivity index (χ1v) is 5.77. The van der Waals surface area contributed by atoms with Gasteiger partial charge in [-0.25, -0.2) is 0 Å². The van der Waals surface area contributed by atoms with Gasteiger partial charge in [0.2, 0.25) is 5.91 Å². The highest BCUT2D eigenvalue weighted by molar-refractivity contribution is 8.15. The van der Waals surface area contributed by atoms with Crippen molar-refractivity contribution in [3.05, 3.63) is 29.8 Å². The number of nitrogens with one attached hydrogen (secondary N) is 1. The maximum Gasteiger partial charge on any atom is 0.286 e. The lowest BCUT2D eigenvalue weighted by molar-refractivity contribution is -0.118. The van der Waals surface area contributed by atoms with Crippen LogP contribution in [0.15, 0.2) is 29.2 Å². The van der Waals surface area contributed by atoms with Gasteiger partial charge < -0.3 is 0 Å². The Kier molecular flexibility index (Phi) is 3.02. The first-order chi connectivity index (χ1) is 7.15. The molecule has 0 radical (unpaired) electrons. The predicted octanol–water partition coefficient (Wildman–Crippen LogP) is 1.87. The second-order valence-corrected chi connectivity index (χ2v) is 4.95. The van der Waals surface area contributed by atoms with Crippen LogP contribution in [0.3, 0.4) is 0 Å². The number of carbonyl (C=O) groups excluding carboxylic acids is 2. The van der Waals surface area contributed by atoms with Gasteiger partial charge in [-0.1, -0.05) is 23.9 Å². The minimum Gasteiger partial charge on any atom is -0.286 e.